The molecule has 0 atom stereocenters. The highest BCUT2D eigenvalue weighted by Crippen LogP contribution is 2.27. The maximum absolute atomic E-state index is 5.78. The molecule has 1 aliphatic heterocycles. The molecule has 1 saturated heterocycles. The molecule has 1 heterocycles. The van der Waals surface area contributed by atoms with Crippen molar-refractivity contribution in [3.8, 4) is 0 Å². The Bertz CT molecular complexity index is 287. The van der Waals surface area contributed by atoms with Crippen LogP contribution in [0.1, 0.15) is 18.9 Å². The Morgan fingerprint density at radius 2 is 2.00 bits per heavy atom. The van der Waals surface area contributed by atoms with E-state index in [1.807, 2.05) is 6.07 Å². The summed E-state index contributed by atoms with van der Waals surface area (Å²) in [5, 5.41) is 3.32. The minimum Gasteiger partial charge on any atom is -0.376 e. The summed E-state index contributed by atoms with van der Waals surface area (Å²) in [5.41, 5.74) is 1.67. The lowest BCUT2D eigenvalue weighted by Gasteiger charge is -2.41. The van der Waals surface area contributed by atoms with E-state index in [0.29, 0.717) is 5.41 Å². The van der Waals surface area contributed by atoms with E-state index in [4.69, 9.17) is 4.74 Å². The molecule has 0 aliphatic carbocycles. The van der Waals surface area contributed by atoms with Gasteiger partial charge in [-0.15, -0.1) is 0 Å². The molecule has 0 saturated carbocycles. The van der Waals surface area contributed by atoms with Crippen LogP contribution in [0.2, 0.25) is 0 Å². The van der Waals surface area contributed by atoms with Gasteiger partial charge in [0, 0.05) is 18.5 Å². The molecule has 1 aromatic rings. The smallest absolute Gasteiger partial charge is 0.0717 e. The number of hydrogen-bond acceptors (Lipinski definition) is 2. The van der Waals surface area contributed by atoms with E-state index in [0.717, 1.165) is 26.3 Å². The average Bonchev–Trinajstić information content (AvgIpc) is 2.24. The van der Waals surface area contributed by atoms with Crippen LogP contribution < -0.4 is 5.32 Å². The van der Waals surface area contributed by atoms with Gasteiger partial charge < -0.3 is 10.1 Å². The van der Waals surface area contributed by atoms with Crippen LogP contribution in [-0.4, -0.2) is 19.7 Å². The fourth-order valence-electron chi connectivity index (χ4n) is 1.89. The van der Waals surface area contributed by atoms with Gasteiger partial charge in [0.15, 0.2) is 0 Å². The summed E-state index contributed by atoms with van der Waals surface area (Å²) in [6.45, 7) is 6.08. The first-order chi connectivity index (χ1) is 7.35. The van der Waals surface area contributed by atoms with E-state index < -0.39 is 0 Å². The number of rotatable bonds is 5. The summed E-state index contributed by atoms with van der Waals surface area (Å²) in [7, 11) is 0. The molecule has 0 bridgehead atoms. The third kappa shape index (κ3) is 2.58. The van der Waals surface area contributed by atoms with Crippen molar-refractivity contribution in [3.63, 3.8) is 0 Å². The van der Waals surface area contributed by atoms with Crippen LogP contribution in [0, 0.1) is 5.41 Å². The molecule has 82 valence electrons. The standard InChI is InChI=1S/C13H19NO/c1-2-13(9-14-10-13)11-15-8-12-6-4-3-5-7-12/h3-7,14H,2,8-11H2,1H3. The van der Waals surface area contributed by atoms with Crippen molar-refractivity contribution in [2.24, 2.45) is 5.41 Å². The van der Waals surface area contributed by atoms with E-state index in [1.54, 1.807) is 0 Å². The molecule has 1 aromatic carbocycles. The quantitative estimate of drug-likeness (QED) is 0.795. The molecule has 1 aliphatic rings. The summed E-state index contributed by atoms with van der Waals surface area (Å²) >= 11 is 0. The highest BCUT2D eigenvalue weighted by Gasteiger charge is 2.34. The van der Waals surface area contributed by atoms with Crippen molar-refractivity contribution in [2.75, 3.05) is 19.7 Å². The SMILES string of the molecule is CCC1(COCc2ccccc2)CNC1. The summed E-state index contributed by atoms with van der Waals surface area (Å²) in [6, 6.07) is 10.4. The maximum Gasteiger partial charge on any atom is 0.0717 e. The zero-order valence-corrected chi connectivity index (χ0v) is 9.33. The zero-order chi connectivity index (χ0) is 10.6. The van der Waals surface area contributed by atoms with Crippen LogP contribution in [0.5, 0.6) is 0 Å². The van der Waals surface area contributed by atoms with Gasteiger partial charge in [-0.1, -0.05) is 37.3 Å². The van der Waals surface area contributed by atoms with E-state index in [-0.39, 0.29) is 0 Å². The Morgan fingerprint density at radius 3 is 2.53 bits per heavy atom. The second kappa shape index (κ2) is 4.77. The Balaban J connectivity index is 1.75. The van der Waals surface area contributed by atoms with Gasteiger partial charge >= 0.3 is 0 Å². The number of nitrogens with one attached hydrogen (secondary N) is 1. The Morgan fingerprint density at radius 1 is 1.27 bits per heavy atom. The second-order valence-corrected chi connectivity index (χ2v) is 4.44. The summed E-state index contributed by atoms with van der Waals surface area (Å²) in [5.74, 6) is 0. The highest BCUT2D eigenvalue weighted by atomic mass is 16.5. The van der Waals surface area contributed by atoms with Gasteiger partial charge in [0.05, 0.1) is 13.2 Å². The number of benzene rings is 1. The predicted molar refractivity (Wildman–Crippen MR) is 61.7 cm³/mol. The molecule has 0 aromatic heterocycles. The fourth-order valence-corrected chi connectivity index (χ4v) is 1.89. The Hall–Kier alpha value is -0.860. The molecular weight excluding hydrogens is 186 g/mol. The lowest BCUT2D eigenvalue weighted by molar-refractivity contribution is 0.0000221. The van der Waals surface area contributed by atoms with Crippen molar-refractivity contribution < 1.29 is 4.74 Å². The first-order valence-corrected chi connectivity index (χ1v) is 5.67. The molecule has 0 radical (unpaired) electrons. The van der Waals surface area contributed by atoms with Gasteiger partial charge in [0.2, 0.25) is 0 Å². The number of hydrogen-bond donors (Lipinski definition) is 1. The third-order valence-corrected chi connectivity index (χ3v) is 3.27. The van der Waals surface area contributed by atoms with Gasteiger partial charge in [0.1, 0.15) is 0 Å². The first kappa shape index (κ1) is 10.7. The lowest BCUT2D eigenvalue weighted by Crippen LogP contribution is -2.55. The molecule has 2 rings (SSSR count). The van der Waals surface area contributed by atoms with Gasteiger partial charge in [-0.05, 0) is 12.0 Å². The minimum absolute atomic E-state index is 0.411. The van der Waals surface area contributed by atoms with E-state index in [2.05, 4.69) is 36.5 Å². The molecule has 2 nitrogen and oxygen atoms in total. The average molecular weight is 205 g/mol. The van der Waals surface area contributed by atoms with Crippen molar-refractivity contribution in [2.45, 2.75) is 20.0 Å². The first-order valence-electron chi connectivity index (χ1n) is 5.67. The summed E-state index contributed by atoms with van der Waals surface area (Å²) in [4.78, 5) is 0. The van der Waals surface area contributed by atoms with Gasteiger partial charge in [-0.3, -0.25) is 0 Å². The largest absolute Gasteiger partial charge is 0.376 e. The summed E-state index contributed by atoms with van der Waals surface area (Å²) in [6.07, 6.45) is 1.20. The van der Waals surface area contributed by atoms with Crippen LogP contribution in [0.25, 0.3) is 0 Å². The van der Waals surface area contributed by atoms with E-state index in [1.165, 1.54) is 12.0 Å². The normalized spacial score (nSPS) is 18.5. The Kier molecular flexibility index (Phi) is 3.39. The van der Waals surface area contributed by atoms with E-state index >= 15 is 0 Å². The fraction of sp³-hybridized carbons (Fsp3) is 0.538. The van der Waals surface area contributed by atoms with Crippen LogP contribution in [0.4, 0.5) is 0 Å². The van der Waals surface area contributed by atoms with Gasteiger partial charge in [-0.2, -0.15) is 0 Å². The van der Waals surface area contributed by atoms with E-state index in [9.17, 15) is 0 Å². The molecule has 2 heteroatoms. The highest BCUT2D eigenvalue weighted by molar-refractivity contribution is 5.13. The lowest BCUT2D eigenvalue weighted by atomic mass is 9.80. The van der Waals surface area contributed by atoms with Crippen LogP contribution in [0.15, 0.2) is 30.3 Å². The zero-order valence-electron chi connectivity index (χ0n) is 9.33. The van der Waals surface area contributed by atoms with Crippen molar-refractivity contribution in [3.05, 3.63) is 35.9 Å². The molecule has 0 spiro atoms. The Labute approximate surface area is 91.6 Å². The molecule has 0 unspecified atom stereocenters. The second-order valence-electron chi connectivity index (χ2n) is 4.44. The minimum atomic E-state index is 0.411. The van der Waals surface area contributed by atoms with Crippen LogP contribution in [0.3, 0.4) is 0 Å². The van der Waals surface area contributed by atoms with Crippen molar-refractivity contribution >= 4 is 0 Å². The molecular formula is C13H19NO. The maximum atomic E-state index is 5.78. The van der Waals surface area contributed by atoms with Crippen molar-refractivity contribution in [1.29, 1.82) is 0 Å². The molecule has 1 fully saturated rings. The number of ether oxygens (including phenoxy) is 1. The van der Waals surface area contributed by atoms with Crippen molar-refractivity contribution in [1.82, 2.24) is 5.32 Å². The topological polar surface area (TPSA) is 21.3 Å². The third-order valence-electron chi connectivity index (χ3n) is 3.27. The predicted octanol–water partition coefficient (Wildman–Crippen LogP) is 2.20. The monoisotopic (exact) mass is 205 g/mol. The molecule has 1 N–H and O–H groups in total. The van der Waals surface area contributed by atoms with Crippen LogP contribution >= 0.6 is 0 Å². The van der Waals surface area contributed by atoms with Gasteiger partial charge in [0.25, 0.3) is 0 Å². The summed E-state index contributed by atoms with van der Waals surface area (Å²) < 4.78 is 5.78. The molecule has 15 heavy (non-hydrogen) atoms. The molecule has 0 amide bonds. The van der Waals surface area contributed by atoms with Crippen LogP contribution in [-0.2, 0) is 11.3 Å². The van der Waals surface area contributed by atoms with Gasteiger partial charge in [-0.25, -0.2) is 0 Å².